The van der Waals surface area contributed by atoms with Crippen molar-refractivity contribution in [3.8, 4) is 22.7 Å². The van der Waals surface area contributed by atoms with Crippen LogP contribution < -0.4 is 4.74 Å². The lowest BCUT2D eigenvalue weighted by atomic mass is 10.1. The van der Waals surface area contributed by atoms with E-state index in [0.717, 1.165) is 45.2 Å². The molecule has 0 aliphatic rings. The van der Waals surface area contributed by atoms with Crippen molar-refractivity contribution in [3.05, 3.63) is 107 Å². The first-order valence-electron chi connectivity index (χ1n) is 10.8. The van der Waals surface area contributed by atoms with Crippen molar-refractivity contribution in [2.24, 2.45) is 5.16 Å². The van der Waals surface area contributed by atoms with Gasteiger partial charge in [-0.25, -0.2) is 4.39 Å². The van der Waals surface area contributed by atoms with Gasteiger partial charge in [-0.15, -0.1) is 0 Å². The molecule has 0 N–H and O–H groups in total. The van der Waals surface area contributed by atoms with E-state index in [-0.39, 0.29) is 5.82 Å². The lowest BCUT2D eigenvalue weighted by molar-refractivity contribution is 0.130. The van der Waals surface area contributed by atoms with Crippen LogP contribution in [-0.4, -0.2) is 17.4 Å². The quantitative estimate of drug-likeness (QED) is 0.232. The smallest absolute Gasteiger partial charge is 0.142 e. The highest BCUT2D eigenvalue weighted by atomic mass is 19.1. The van der Waals surface area contributed by atoms with Crippen LogP contribution in [0.2, 0.25) is 0 Å². The SMILES string of the molecule is COc1ccc(-n2c(-c3ccc(F)cc3)cc(/C(C)=N\OCc3ccccc3C)c2C)cc1. The van der Waals surface area contributed by atoms with Crippen LogP contribution in [0, 0.1) is 19.7 Å². The number of rotatable bonds is 7. The van der Waals surface area contributed by atoms with Gasteiger partial charge in [-0.3, -0.25) is 0 Å². The molecule has 0 saturated heterocycles. The number of nitrogens with zero attached hydrogens (tertiary/aromatic N) is 2. The molecule has 4 rings (SSSR count). The van der Waals surface area contributed by atoms with Gasteiger partial charge >= 0.3 is 0 Å². The lowest BCUT2D eigenvalue weighted by Crippen LogP contribution is -2.03. The van der Waals surface area contributed by atoms with Crippen molar-refractivity contribution < 1.29 is 14.0 Å². The van der Waals surface area contributed by atoms with Crippen LogP contribution in [0.15, 0.2) is 84.0 Å². The molecule has 0 atom stereocenters. The maximum atomic E-state index is 13.6. The van der Waals surface area contributed by atoms with Crippen molar-refractivity contribution in [2.75, 3.05) is 7.11 Å². The number of methoxy groups -OCH3 is 1. The standard InChI is InChI=1S/C28H27FN2O2/c1-19-7-5-6-8-23(19)18-33-30-20(2)27-17-28(22-9-11-24(29)12-10-22)31(21(27)3)25-13-15-26(32-4)16-14-25/h5-17H,18H2,1-4H3/b30-20-. The minimum atomic E-state index is -0.263. The average Bonchev–Trinajstić information content (AvgIpc) is 3.18. The molecule has 0 spiro atoms. The van der Waals surface area contributed by atoms with Gasteiger partial charge in [0, 0.05) is 16.9 Å². The van der Waals surface area contributed by atoms with Gasteiger partial charge < -0.3 is 14.1 Å². The summed E-state index contributed by atoms with van der Waals surface area (Å²) in [5, 5.41) is 4.40. The molecule has 0 saturated carbocycles. The highest BCUT2D eigenvalue weighted by molar-refractivity contribution is 6.01. The summed E-state index contributed by atoms with van der Waals surface area (Å²) in [6.45, 7) is 6.45. The molecule has 4 nitrogen and oxygen atoms in total. The molecule has 33 heavy (non-hydrogen) atoms. The Kier molecular flexibility index (Phi) is 6.59. The molecule has 0 unspecified atom stereocenters. The fraction of sp³-hybridized carbons (Fsp3) is 0.179. The minimum absolute atomic E-state index is 0.263. The van der Waals surface area contributed by atoms with Crippen LogP contribution >= 0.6 is 0 Å². The minimum Gasteiger partial charge on any atom is -0.497 e. The lowest BCUT2D eigenvalue weighted by Gasteiger charge is -2.13. The summed E-state index contributed by atoms with van der Waals surface area (Å²) in [4.78, 5) is 5.69. The first-order valence-corrected chi connectivity index (χ1v) is 10.8. The Balaban J connectivity index is 1.72. The molecule has 0 aliphatic heterocycles. The second kappa shape index (κ2) is 9.74. The van der Waals surface area contributed by atoms with Crippen LogP contribution in [0.1, 0.15) is 29.3 Å². The van der Waals surface area contributed by atoms with Gasteiger partial charge in [0.05, 0.1) is 18.5 Å². The van der Waals surface area contributed by atoms with Gasteiger partial charge in [-0.05, 0) is 92.1 Å². The van der Waals surface area contributed by atoms with Crippen molar-refractivity contribution >= 4 is 5.71 Å². The van der Waals surface area contributed by atoms with E-state index in [0.29, 0.717) is 6.61 Å². The first-order chi connectivity index (χ1) is 16.0. The molecule has 5 heteroatoms. The molecular weight excluding hydrogens is 415 g/mol. The van der Waals surface area contributed by atoms with Crippen molar-refractivity contribution in [1.29, 1.82) is 0 Å². The number of halogens is 1. The Hall–Kier alpha value is -3.86. The molecule has 3 aromatic carbocycles. The van der Waals surface area contributed by atoms with Gasteiger partial charge in [-0.2, -0.15) is 0 Å². The van der Waals surface area contributed by atoms with E-state index < -0.39 is 0 Å². The molecule has 0 bridgehead atoms. The molecule has 1 heterocycles. The highest BCUT2D eigenvalue weighted by Crippen LogP contribution is 2.31. The fourth-order valence-corrected chi connectivity index (χ4v) is 3.89. The van der Waals surface area contributed by atoms with E-state index in [9.17, 15) is 4.39 Å². The van der Waals surface area contributed by atoms with E-state index in [1.807, 2.05) is 56.3 Å². The summed E-state index contributed by atoms with van der Waals surface area (Å²) in [5.74, 6) is 0.523. The summed E-state index contributed by atoms with van der Waals surface area (Å²) >= 11 is 0. The predicted molar refractivity (Wildman–Crippen MR) is 131 cm³/mol. The Morgan fingerprint density at radius 3 is 2.30 bits per heavy atom. The van der Waals surface area contributed by atoms with Crippen molar-refractivity contribution in [2.45, 2.75) is 27.4 Å². The van der Waals surface area contributed by atoms with Crippen molar-refractivity contribution in [3.63, 3.8) is 0 Å². The molecule has 168 valence electrons. The van der Waals surface area contributed by atoms with Crippen LogP contribution in [-0.2, 0) is 11.4 Å². The number of oxime groups is 1. The van der Waals surface area contributed by atoms with E-state index in [4.69, 9.17) is 9.57 Å². The molecule has 0 amide bonds. The highest BCUT2D eigenvalue weighted by Gasteiger charge is 2.17. The monoisotopic (exact) mass is 442 g/mol. The zero-order valence-electron chi connectivity index (χ0n) is 19.3. The number of hydrogen-bond acceptors (Lipinski definition) is 3. The van der Waals surface area contributed by atoms with Crippen LogP contribution in [0.3, 0.4) is 0 Å². The Labute approximate surface area is 193 Å². The number of ether oxygens (including phenoxy) is 1. The topological polar surface area (TPSA) is 35.8 Å². The predicted octanol–water partition coefficient (Wildman–Crippen LogP) is 6.85. The largest absolute Gasteiger partial charge is 0.497 e. The third-order valence-corrected chi connectivity index (χ3v) is 5.79. The van der Waals surface area contributed by atoms with Crippen LogP contribution in [0.5, 0.6) is 5.75 Å². The van der Waals surface area contributed by atoms with E-state index in [1.54, 1.807) is 19.2 Å². The van der Waals surface area contributed by atoms with Crippen LogP contribution in [0.25, 0.3) is 16.9 Å². The summed E-state index contributed by atoms with van der Waals surface area (Å²) in [6, 6.07) is 24.6. The molecular formula is C28H27FN2O2. The molecule has 4 aromatic rings. The van der Waals surface area contributed by atoms with Gasteiger partial charge in [0.1, 0.15) is 18.2 Å². The second-order valence-corrected chi connectivity index (χ2v) is 7.95. The Morgan fingerprint density at radius 1 is 0.939 bits per heavy atom. The normalized spacial score (nSPS) is 11.5. The molecule has 0 fully saturated rings. The maximum Gasteiger partial charge on any atom is 0.142 e. The van der Waals surface area contributed by atoms with Gasteiger partial charge in [0.25, 0.3) is 0 Å². The molecule has 0 aliphatic carbocycles. The summed E-state index contributed by atoms with van der Waals surface area (Å²) < 4.78 is 21.0. The third-order valence-electron chi connectivity index (χ3n) is 5.79. The van der Waals surface area contributed by atoms with Crippen LogP contribution in [0.4, 0.5) is 4.39 Å². The number of aryl methyl sites for hydroxylation is 1. The number of aromatic nitrogens is 1. The number of hydrogen-bond donors (Lipinski definition) is 0. The zero-order valence-corrected chi connectivity index (χ0v) is 19.3. The average molecular weight is 443 g/mol. The summed E-state index contributed by atoms with van der Waals surface area (Å²) in [7, 11) is 1.65. The third kappa shape index (κ3) is 4.82. The Bertz CT molecular complexity index is 1270. The Morgan fingerprint density at radius 2 is 1.64 bits per heavy atom. The maximum absolute atomic E-state index is 13.6. The van der Waals surface area contributed by atoms with Gasteiger partial charge in [-0.1, -0.05) is 29.4 Å². The zero-order chi connectivity index (χ0) is 23.4. The van der Waals surface area contributed by atoms with Crippen molar-refractivity contribution in [1.82, 2.24) is 4.57 Å². The fourth-order valence-electron chi connectivity index (χ4n) is 3.89. The molecule has 0 radical (unpaired) electrons. The van der Waals surface area contributed by atoms with E-state index >= 15 is 0 Å². The van der Waals surface area contributed by atoms with Gasteiger partial charge in [0.15, 0.2) is 0 Å². The summed E-state index contributed by atoms with van der Waals surface area (Å²) in [6.07, 6.45) is 0. The summed E-state index contributed by atoms with van der Waals surface area (Å²) in [5.41, 5.74) is 7.87. The van der Waals surface area contributed by atoms with E-state index in [1.165, 1.54) is 17.7 Å². The number of benzene rings is 3. The van der Waals surface area contributed by atoms with E-state index in [2.05, 4.69) is 28.8 Å². The van der Waals surface area contributed by atoms with Gasteiger partial charge in [0.2, 0.25) is 0 Å². The second-order valence-electron chi connectivity index (χ2n) is 7.95. The first kappa shape index (κ1) is 22.3. The molecule has 1 aromatic heterocycles.